The Kier molecular flexibility index (Phi) is 2.73. The number of hydrogen-bond donors (Lipinski definition) is 4. The summed E-state index contributed by atoms with van der Waals surface area (Å²) >= 11 is 0. The number of aliphatic hydroxyl groups excluding tert-OH is 1. The Hall–Kier alpha value is -1.59. The number of benzene rings is 1. The van der Waals surface area contributed by atoms with Gasteiger partial charge in [0, 0.05) is 0 Å². The van der Waals surface area contributed by atoms with E-state index in [9.17, 15) is 4.79 Å². The van der Waals surface area contributed by atoms with Gasteiger partial charge in [-0.15, -0.1) is 0 Å². The molecule has 76 valence electrons. The largest absolute Gasteiger partial charge is 0.508 e. The average Bonchev–Trinajstić information content (AvgIpc) is 2.17. The van der Waals surface area contributed by atoms with Gasteiger partial charge in [-0.25, -0.2) is 4.79 Å². The highest BCUT2D eigenvalue weighted by Crippen LogP contribution is 2.20. The summed E-state index contributed by atoms with van der Waals surface area (Å²) in [4.78, 5) is 10.8. The fourth-order valence-electron chi connectivity index (χ4n) is 1.04. The van der Waals surface area contributed by atoms with Crippen LogP contribution in [0, 0.1) is 0 Å². The Balaban J connectivity index is 3.13. The second-order valence-electron chi connectivity index (χ2n) is 2.98. The van der Waals surface area contributed by atoms with E-state index in [1.165, 1.54) is 24.3 Å². The molecule has 5 heteroatoms. The molecular weight excluding hydrogens is 186 g/mol. The van der Waals surface area contributed by atoms with Crippen LogP contribution in [0.25, 0.3) is 0 Å². The molecule has 0 amide bonds. The van der Waals surface area contributed by atoms with Gasteiger partial charge in [-0.3, -0.25) is 0 Å². The predicted molar refractivity (Wildman–Crippen MR) is 48.7 cm³/mol. The molecule has 0 radical (unpaired) electrons. The molecule has 5 N–H and O–H groups in total. The number of rotatable bonds is 3. The van der Waals surface area contributed by atoms with Crippen LogP contribution in [0.2, 0.25) is 0 Å². The van der Waals surface area contributed by atoms with Crippen molar-refractivity contribution in [1.82, 2.24) is 0 Å². The van der Waals surface area contributed by atoms with E-state index in [0.29, 0.717) is 0 Å². The fraction of sp³-hybridized carbons (Fsp3) is 0.222. The van der Waals surface area contributed by atoms with Crippen molar-refractivity contribution in [3.05, 3.63) is 29.8 Å². The number of phenolic OH excluding ortho intramolecular Hbond substituents is 1. The lowest BCUT2D eigenvalue weighted by Crippen LogP contribution is -2.48. The van der Waals surface area contributed by atoms with Crippen LogP contribution < -0.4 is 5.73 Å². The number of carboxylic acid groups (broad SMARTS) is 1. The van der Waals surface area contributed by atoms with Crippen LogP contribution in [-0.2, 0) is 10.3 Å². The van der Waals surface area contributed by atoms with E-state index in [4.69, 9.17) is 21.1 Å². The first-order valence-electron chi connectivity index (χ1n) is 3.93. The van der Waals surface area contributed by atoms with E-state index in [1.54, 1.807) is 0 Å². The second kappa shape index (κ2) is 3.65. The summed E-state index contributed by atoms with van der Waals surface area (Å²) in [5.41, 5.74) is 3.91. The summed E-state index contributed by atoms with van der Waals surface area (Å²) in [6.45, 7) is -0.701. The minimum atomic E-state index is -1.81. The van der Waals surface area contributed by atoms with E-state index in [-0.39, 0.29) is 11.3 Å². The number of phenols is 1. The number of aliphatic hydroxyl groups is 1. The molecule has 1 rings (SSSR count). The first-order chi connectivity index (χ1) is 6.50. The zero-order valence-corrected chi connectivity index (χ0v) is 7.34. The van der Waals surface area contributed by atoms with E-state index >= 15 is 0 Å². The van der Waals surface area contributed by atoms with Gasteiger partial charge < -0.3 is 21.1 Å². The van der Waals surface area contributed by atoms with E-state index in [1.807, 2.05) is 0 Å². The molecule has 0 aliphatic rings. The SMILES string of the molecule is NC(CO)(C(=O)O)c1ccc(O)cc1. The number of hydrogen-bond acceptors (Lipinski definition) is 4. The highest BCUT2D eigenvalue weighted by Gasteiger charge is 2.35. The van der Waals surface area contributed by atoms with Crippen LogP contribution in [0.1, 0.15) is 5.56 Å². The summed E-state index contributed by atoms with van der Waals surface area (Å²) in [6, 6.07) is 5.35. The Morgan fingerprint density at radius 3 is 2.21 bits per heavy atom. The van der Waals surface area contributed by atoms with Crippen molar-refractivity contribution < 1.29 is 20.1 Å². The zero-order valence-electron chi connectivity index (χ0n) is 7.34. The van der Waals surface area contributed by atoms with Crippen LogP contribution in [0.4, 0.5) is 0 Å². The van der Waals surface area contributed by atoms with Gasteiger partial charge in [-0.2, -0.15) is 0 Å². The molecule has 0 aromatic heterocycles. The lowest BCUT2D eigenvalue weighted by atomic mass is 9.92. The van der Waals surface area contributed by atoms with E-state index < -0.39 is 18.1 Å². The molecule has 0 heterocycles. The lowest BCUT2D eigenvalue weighted by molar-refractivity contribution is -0.145. The fourth-order valence-corrected chi connectivity index (χ4v) is 1.04. The van der Waals surface area contributed by atoms with Gasteiger partial charge in [0.25, 0.3) is 0 Å². The molecule has 1 aromatic rings. The Morgan fingerprint density at radius 2 is 1.86 bits per heavy atom. The van der Waals surface area contributed by atoms with Gasteiger partial charge in [0.2, 0.25) is 0 Å². The highest BCUT2D eigenvalue weighted by molar-refractivity contribution is 5.80. The Labute approximate surface area is 80.4 Å². The summed E-state index contributed by atoms with van der Waals surface area (Å²) in [6.07, 6.45) is 0. The number of nitrogens with two attached hydrogens (primary N) is 1. The maximum atomic E-state index is 10.8. The van der Waals surface area contributed by atoms with Crippen LogP contribution in [0.15, 0.2) is 24.3 Å². The first kappa shape index (κ1) is 10.5. The molecule has 0 aliphatic heterocycles. The topological polar surface area (TPSA) is 104 Å². The van der Waals surface area contributed by atoms with Gasteiger partial charge in [0.15, 0.2) is 5.54 Å². The molecule has 14 heavy (non-hydrogen) atoms. The Bertz CT molecular complexity index is 335. The summed E-state index contributed by atoms with van der Waals surface area (Å²) in [7, 11) is 0. The molecule has 0 fully saturated rings. The number of aliphatic carboxylic acids is 1. The third kappa shape index (κ3) is 1.68. The van der Waals surface area contributed by atoms with E-state index in [2.05, 4.69) is 0 Å². The number of aromatic hydroxyl groups is 1. The average molecular weight is 197 g/mol. The maximum Gasteiger partial charge on any atom is 0.330 e. The molecule has 0 aliphatic carbocycles. The van der Waals surface area contributed by atoms with Crippen LogP contribution in [0.3, 0.4) is 0 Å². The monoisotopic (exact) mass is 197 g/mol. The van der Waals surface area contributed by atoms with Gasteiger partial charge in [-0.1, -0.05) is 12.1 Å². The van der Waals surface area contributed by atoms with Crippen molar-refractivity contribution >= 4 is 5.97 Å². The van der Waals surface area contributed by atoms with Gasteiger partial charge in [-0.05, 0) is 17.7 Å². The van der Waals surface area contributed by atoms with Crippen molar-refractivity contribution in [1.29, 1.82) is 0 Å². The molecule has 0 saturated heterocycles. The number of carboxylic acids is 1. The van der Waals surface area contributed by atoms with Crippen molar-refractivity contribution in [3.8, 4) is 5.75 Å². The minimum absolute atomic E-state index is 0.0134. The molecule has 5 nitrogen and oxygen atoms in total. The van der Waals surface area contributed by atoms with Crippen molar-refractivity contribution in [2.45, 2.75) is 5.54 Å². The van der Waals surface area contributed by atoms with Gasteiger partial charge in [0.1, 0.15) is 5.75 Å². The third-order valence-corrected chi connectivity index (χ3v) is 2.01. The van der Waals surface area contributed by atoms with Gasteiger partial charge in [0.05, 0.1) is 6.61 Å². The molecule has 0 spiro atoms. The van der Waals surface area contributed by atoms with Crippen LogP contribution >= 0.6 is 0 Å². The number of carbonyl (C=O) groups is 1. The summed E-state index contributed by atoms with van der Waals surface area (Å²) in [5.74, 6) is -1.30. The molecule has 1 atom stereocenters. The lowest BCUT2D eigenvalue weighted by Gasteiger charge is -2.22. The normalized spacial score (nSPS) is 14.7. The second-order valence-corrected chi connectivity index (χ2v) is 2.98. The standard InChI is InChI=1S/C9H11NO4/c10-9(5-11,8(13)14)6-1-3-7(12)4-2-6/h1-4,11-12H,5,10H2,(H,13,14). The highest BCUT2D eigenvalue weighted by atomic mass is 16.4. The maximum absolute atomic E-state index is 10.8. The Morgan fingerprint density at radius 1 is 1.36 bits per heavy atom. The quantitative estimate of drug-likeness (QED) is 0.529. The van der Waals surface area contributed by atoms with Gasteiger partial charge >= 0.3 is 5.97 Å². The predicted octanol–water partition coefficient (Wildman–Crippen LogP) is -0.377. The summed E-state index contributed by atoms with van der Waals surface area (Å²) in [5, 5.41) is 26.7. The molecule has 0 saturated carbocycles. The van der Waals surface area contributed by atoms with Crippen molar-refractivity contribution in [2.24, 2.45) is 5.73 Å². The summed E-state index contributed by atoms with van der Waals surface area (Å²) < 4.78 is 0. The molecular formula is C9H11NO4. The molecule has 0 bridgehead atoms. The zero-order chi connectivity index (χ0) is 10.8. The van der Waals surface area contributed by atoms with Crippen molar-refractivity contribution in [3.63, 3.8) is 0 Å². The minimum Gasteiger partial charge on any atom is -0.508 e. The van der Waals surface area contributed by atoms with Crippen LogP contribution in [0.5, 0.6) is 5.75 Å². The van der Waals surface area contributed by atoms with Crippen molar-refractivity contribution in [2.75, 3.05) is 6.61 Å². The molecule has 1 unspecified atom stereocenters. The van der Waals surface area contributed by atoms with Crippen LogP contribution in [-0.4, -0.2) is 27.9 Å². The third-order valence-electron chi connectivity index (χ3n) is 2.01. The van der Waals surface area contributed by atoms with E-state index in [0.717, 1.165) is 0 Å². The molecule has 1 aromatic carbocycles. The smallest absolute Gasteiger partial charge is 0.330 e. The first-order valence-corrected chi connectivity index (χ1v) is 3.93.